The molecule has 1 aliphatic rings. The smallest absolute Gasteiger partial charge is 0.275 e. The van der Waals surface area contributed by atoms with Crippen molar-refractivity contribution >= 4 is 27.7 Å². The van der Waals surface area contributed by atoms with Crippen molar-refractivity contribution in [3.63, 3.8) is 0 Å². The molecule has 0 N–H and O–H groups in total. The highest BCUT2D eigenvalue weighted by atomic mass is 79.9. The second-order valence-electron chi connectivity index (χ2n) is 5.47. The molecule has 1 fully saturated rings. The predicted molar refractivity (Wildman–Crippen MR) is 88.0 cm³/mol. The average Bonchev–Trinajstić information content (AvgIpc) is 2.85. The lowest BCUT2D eigenvalue weighted by Gasteiger charge is -2.35. The molecule has 3 rings (SSSR count). The number of aryl methyl sites for hydroxylation is 2. The van der Waals surface area contributed by atoms with Gasteiger partial charge in [-0.2, -0.15) is 5.10 Å². The third-order valence-corrected chi connectivity index (χ3v) is 4.36. The summed E-state index contributed by atoms with van der Waals surface area (Å²) >= 11 is 3.39. The Morgan fingerprint density at radius 1 is 1.27 bits per heavy atom. The molecule has 0 unspecified atom stereocenters. The van der Waals surface area contributed by atoms with Crippen molar-refractivity contribution in [1.82, 2.24) is 19.7 Å². The van der Waals surface area contributed by atoms with Crippen LogP contribution in [-0.4, -0.2) is 51.8 Å². The molecule has 1 aliphatic heterocycles. The maximum Gasteiger partial charge on any atom is 0.275 e. The number of aromatic nitrogens is 3. The minimum Gasteiger partial charge on any atom is -0.353 e. The molecule has 2 aromatic rings. The Morgan fingerprint density at radius 3 is 2.59 bits per heavy atom. The van der Waals surface area contributed by atoms with Crippen molar-refractivity contribution in [2.24, 2.45) is 7.05 Å². The lowest BCUT2D eigenvalue weighted by Crippen LogP contribution is -2.49. The molecule has 0 spiro atoms. The van der Waals surface area contributed by atoms with Crippen LogP contribution in [0.25, 0.3) is 0 Å². The highest BCUT2D eigenvalue weighted by Gasteiger charge is 2.25. The fraction of sp³-hybridized carbons (Fsp3) is 0.400. The number of rotatable bonds is 2. The quantitative estimate of drug-likeness (QED) is 0.816. The third kappa shape index (κ3) is 2.99. The maximum absolute atomic E-state index is 12.5. The zero-order valence-corrected chi connectivity index (χ0v) is 14.2. The molecule has 0 saturated carbocycles. The van der Waals surface area contributed by atoms with Gasteiger partial charge < -0.3 is 9.80 Å². The van der Waals surface area contributed by atoms with Gasteiger partial charge in [-0.3, -0.25) is 9.48 Å². The van der Waals surface area contributed by atoms with Gasteiger partial charge >= 0.3 is 0 Å². The highest BCUT2D eigenvalue weighted by Crippen LogP contribution is 2.19. The number of carbonyl (C=O) groups is 1. The molecule has 0 aromatic carbocycles. The molecule has 0 radical (unpaired) electrons. The Morgan fingerprint density at radius 2 is 2.00 bits per heavy atom. The summed E-state index contributed by atoms with van der Waals surface area (Å²) in [5.41, 5.74) is 1.67. The van der Waals surface area contributed by atoms with E-state index < -0.39 is 0 Å². The van der Waals surface area contributed by atoms with E-state index in [-0.39, 0.29) is 5.91 Å². The van der Waals surface area contributed by atoms with Crippen LogP contribution in [-0.2, 0) is 7.05 Å². The number of hydrogen-bond donors (Lipinski definition) is 0. The molecule has 116 valence electrons. The van der Waals surface area contributed by atoms with Gasteiger partial charge in [-0.1, -0.05) is 0 Å². The first kappa shape index (κ1) is 15.0. The Kier molecular flexibility index (Phi) is 4.15. The zero-order valence-electron chi connectivity index (χ0n) is 12.7. The molecule has 1 amide bonds. The number of carbonyl (C=O) groups excluding carboxylic acids is 1. The monoisotopic (exact) mass is 363 g/mol. The predicted octanol–water partition coefficient (Wildman–Crippen LogP) is 1.85. The standard InChI is InChI=1S/C15H18BrN5O/c1-11-3-4-17-13(9-11)20-5-7-21(8-6-20)15(22)14-12(16)10-19(2)18-14/h3-4,9-10H,5-8H2,1-2H3. The Hall–Kier alpha value is -1.89. The minimum atomic E-state index is -0.0238. The number of halogens is 1. The number of hydrogen-bond acceptors (Lipinski definition) is 4. The van der Waals surface area contributed by atoms with Crippen molar-refractivity contribution in [1.29, 1.82) is 0 Å². The number of amides is 1. The Balaban J connectivity index is 1.67. The van der Waals surface area contributed by atoms with E-state index >= 15 is 0 Å². The lowest BCUT2D eigenvalue weighted by molar-refractivity contribution is 0.0739. The van der Waals surface area contributed by atoms with Crippen molar-refractivity contribution in [3.8, 4) is 0 Å². The van der Waals surface area contributed by atoms with Crippen molar-refractivity contribution in [2.45, 2.75) is 6.92 Å². The summed E-state index contributed by atoms with van der Waals surface area (Å²) in [4.78, 5) is 21.0. The average molecular weight is 364 g/mol. The van der Waals surface area contributed by atoms with Crippen LogP contribution in [0.4, 0.5) is 5.82 Å². The van der Waals surface area contributed by atoms with Crippen LogP contribution < -0.4 is 4.90 Å². The molecule has 7 heteroatoms. The van der Waals surface area contributed by atoms with E-state index in [1.807, 2.05) is 24.2 Å². The Labute approximate surface area is 137 Å². The van der Waals surface area contributed by atoms with Crippen LogP contribution in [0.2, 0.25) is 0 Å². The van der Waals surface area contributed by atoms with Crippen LogP contribution in [0.15, 0.2) is 29.0 Å². The van der Waals surface area contributed by atoms with Gasteiger partial charge in [-0.05, 0) is 40.5 Å². The van der Waals surface area contributed by atoms with E-state index in [1.165, 1.54) is 5.56 Å². The number of piperazine rings is 1. The SMILES string of the molecule is Cc1ccnc(N2CCN(C(=O)c3nn(C)cc3Br)CC2)c1. The van der Waals surface area contributed by atoms with Crippen LogP contribution in [0, 0.1) is 6.92 Å². The van der Waals surface area contributed by atoms with E-state index in [2.05, 4.69) is 43.9 Å². The highest BCUT2D eigenvalue weighted by molar-refractivity contribution is 9.10. The van der Waals surface area contributed by atoms with E-state index in [9.17, 15) is 4.79 Å². The first-order chi connectivity index (χ1) is 10.5. The largest absolute Gasteiger partial charge is 0.353 e. The summed E-state index contributed by atoms with van der Waals surface area (Å²) in [7, 11) is 1.81. The van der Waals surface area contributed by atoms with Gasteiger partial charge in [0.1, 0.15) is 5.82 Å². The Bertz CT molecular complexity index is 691. The van der Waals surface area contributed by atoms with Crippen molar-refractivity contribution in [2.75, 3.05) is 31.1 Å². The van der Waals surface area contributed by atoms with E-state index in [0.717, 1.165) is 23.4 Å². The van der Waals surface area contributed by atoms with Crippen molar-refractivity contribution in [3.05, 3.63) is 40.3 Å². The van der Waals surface area contributed by atoms with Gasteiger partial charge in [0, 0.05) is 45.6 Å². The molecule has 0 aliphatic carbocycles. The van der Waals surface area contributed by atoms with E-state index in [4.69, 9.17) is 0 Å². The van der Waals surface area contributed by atoms with Gasteiger partial charge in [0.15, 0.2) is 5.69 Å². The molecule has 0 bridgehead atoms. The van der Waals surface area contributed by atoms with Crippen LogP contribution in [0.1, 0.15) is 16.1 Å². The molecular formula is C15H18BrN5O. The first-order valence-corrected chi connectivity index (χ1v) is 8.00. The molecule has 2 aromatic heterocycles. The second kappa shape index (κ2) is 6.08. The fourth-order valence-electron chi connectivity index (χ4n) is 2.59. The van der Waals surface area contributed by atoms with Gasteiger partial charge in [-0.25, -0.2) is 4.98 Å². The van der Waals surface area contributed by atoms with Crippen LogP contribution in [0.3, 0.4) is 0 Å². The minimum absolute atomic E-state index is 0.0238. The summed E-state index contributed by atoms with van der Waals surface area (Å²) in [6.07, 6.45) is 3.62. The molecular weight excluding hydrogens is 346 g/mol. The number of pyridine rings is 1. The topological polar surface area (TPSA) is 54.3 Å². The normalized spacial score (nSPS) is 15.2. The van der Waals surface area contributed by atoms with Crippen LogP contribution in [0.5, 0.6) is 0 Å². The number of nitrogens with zero attached hydrogens (tertiary/aromatic N) is 5. The maximum atomic E-state index is 12.5. The zero-order chi connectivity index (χ0) is 15.7. The lowest BCUT2D eigenvalue weighted by atomic mass is 10.2. The molecule has 22 heavy (non-hydrogen) atoms. The second-order valence-corrected chi connectivity index (χ2v) is 6.32. The number of anilines is 1. The van der Waals surface area contributed by atoms with E-state index in [0.29, 0.717) is 18.8 Å². The van der Waals surface area contributed by atoms with Gasteiger partial charge in [0.05, 0.1) is 4.47 Å². The third-order valence-electron chi connectivity index (χ3n) is 3.78. The summed E-state index contributed by atoms with van der Waals surface area (Å²) in [5.74, 6) is 0.954. The molecule has 6 nitrogen and oxygen atoms in total. The summed E-state index contributed by atoms with van der Waals surface area (Å²) in [5, 5.41) is 4.23. The van der Waals surface area contributed by atoms with Crippen molar-refractivity contribution < 1.29 is 4.79 Å². The molecule has 3 heterocycles. The van der Waals surface area contributed by atoms with E-state index in [1.54, 1.807) is 10.9 Å². The van der Waals surface area contributed by atoms with Crippen LogP contribution >= 0.6 is 15.9 Å². The first-order valence-electron chi connectivity index (χ1n) is 7.20. The summed E-state index contributed by atoms with van der Waals surface area (Å²) < 4.78 is 2.38. The van der Waals surface area contributed by atoms with Gasteiger partial charge in [-0.15, -0.1) is 0 Å². The molecule has 1 saturated heterocycles. The molecule has 0 atom stereocenters. The van der Waals surface area contributed by atoms with Gasteiger partial charge in [0.25, 0.3) is 5.91 Å². The summed E-state index contributed by atoms with van der Waals surface area (Å²) in [6, 6.07) is 4.06. The van der Waals surface area contributed by atoms with Gasteiger partial charge in [0.2, 0.25) is 0 Å². The summed E-state index contributed by atoms with van der Waals surface area (Å²) in [6.45, 7) is 4.98. The fourth-order valence-corrected chi connectivity index (χ4v) is 3.13.